The zero-order valence-corrected chi connectivity index (χ0v) is 22.7. The van der Waals surface area contributed by atoms with E-state index in [-0.39, 0.29) is 53.0 Å². The summed E-state index contributed by atoms with van der Waals surface area (Å²) in [4.78, 5) is 35.7. The fourth-order valence-corrected chi connectivity index (χ4v) is 4.81. The summed E-state index contributed by atoms with van der Waals surface area (Å²) in [7, 11) is 1.32. The van der Waals surface area contributed by atoms with Crippen molar-refractivity contribution < 1.29 is 37.0 Å². The number of aromatic nitrogens is 2. The number of carbonyl (C=O) groups excluding carboxylic acids is 2. The first-order chi connectivity index (χ1) is 20.0. The average molecular weight is 584 g/mol. The maximum atomic E-state index is 13.3. The second kappa shape index (κ2) is 11.4. The van der Waals surface area contributed by atoms with Gasteiger partial charge in [0.15, 0.2) is 11.5 Å². The minimum Gasteiger partial charge on any atom is -0.494 e. The van der Waals surface area contributed by atoms with Crippen LogP contribution in [-0.4, -0.2) is 58.1 Å². The highest BCUT2D eigenvalue weighted by atomic mass is 19.4. The van der Waals surface area contributed by atoms with Crippen LogP contribution in [0, 0.1) is 0 Å². The van der Waals surface area contributed by atoms with Crippen LogP contribution in [0.25, 0.3) is 22.4 Å². The molecule has 3 heterocycles. The third-order valence-electron chi connectivity index (χ3n) is 6.92. The predicted molar refractivity (Wildman–Crippen MR) is 146 cm³/mol. The van der Waals surface area contributed by atoms with Crippen LogP contribution in [0.3, 0.4) is 0 Å². The Bertz CT molecular complexity index is 1650. The molecule has 0 saturated carbocycles. The van der Waals surface area contributed by atoms with Crippen LogP contribution in [-0.2, 0) is 12.7 Å². The van der Waals surface area contributed by atoms with E-state index in [1.807, 2.05) is 0 Å². The van der Waals surface area contributed by atoms with Gasteiger partial charge in [0.1, 0.15) is 17.0 Å². The van der Waals surface area contributed by atoms with Gasteiger partial charge >= 0.3 is 6.18 Å². The quantitative estimate of drug-likeness (QED) is 0.295. The molecule has 4 aromatic rings. The molecule has 1 aliphatic heterocycles. The molecule has 2 aromatic heterocycles. The zero-order chi connectivity index (χ0) is 30.2. The first-order valence-electron chi connectivity index (χ1n) is 13.1. The Hall–Kier alpha value is -4.49. The summed E-state index contributed by atoms with van der Waals surface area (Å²) in [6, 6.07) is 11.1. The first kappa shape index (κ1) is 29.0. The highest BCUT2D eigenvalue weighted by molar-refractivity contribution is 5.98. The lowest BCUT2D eigenvalue weighted by Crippen LogP contribution is -2.29. The fourth-order valence-electron chi connectivity index (χ4n) is 4.81. The number of alkyl halides is 3. The molecule has 0 bridgehead atoms. The molecule has 0 spiro atoms. The number of likely N-dealkylation sites (tertiary alicyclic amines) is 1. The van der Waals surface area contributed by atoms with Crippen molar-refractivity contribution in [3.05, 3.63) is 76.8 Å². The zero-order valence-electron chi connectivity index (χ0n) is 22.7. The molecule has 10 nitrogen and oxygen atoms in total. The third-order valence-corrected chi connectivity index (χ3v) is 6.92. The number of amides is 2. The number of β-amino-alcohol motifs (C(OH)–C–C–N with tert-alkyl or cyclic N) is 1. The minimum atomic E-state index is -4.66. The largest absolute Gasteiger partial charge is 0.494 e. The van der Waals surface area contributed by atoms with Gasteiger partial charge < -0.3 is 30.2 Å². The number of hydrogen-bond acceptors (Lipinski definition) is 8. The molecule has 2 amide bonds. The fraction of sp³-hybridized carbons (Fsp3) is 0.310. The summed E-state index contributed by atoms with van der Waals surface area (Å²) in [5.74, 6) is -0.612. The number of nitrogens with zero attached hydrogens (tertiary/aromatic N) is 3. The van der Waals surface area contributed by atoms with Gasteiger partial charge in [0.2, 0.25) is 5.89 Å². The molecular weight excluding hydrogens is 555 g/mol. The van der Waals surface area contributed by atoms with Crippen LogP contribution in [0.15, 0.2) is 52.9 Å². The lowest BCUT2D eigenvalue weighted by molar-refractivity contribution is -0.140. The molecule has 0 aliphatic carbocycles. The third kappa shape index (κ3) is 5.78. The predicted octanol–water partition coefficient (Wildman–Crippen LogP) is 4.07. The number of nitrogens with one attached hydrogen (secondary N) is 1. The molecule has 0 radical (unpaired) electrons. The van der Waals surface area contributed by atoms with E-state index in [1.165, 1.54) is 19.2 Å². The molecule has 0 unspecified atom stereocenters. The van der Waals surface area contributed by atoms with E-state index in [0.29, 0.717) is 29.7 Å². The van der Waals surface area contributed by atoms with Gasteiger partial charge in [-0.15, -0.1) is 0 Å². The SMILES string of the molecule is COc1ccc(-c2nc(C(=O)NCc3cccc(C(=O)N4CC[C@@H](O)C4)c3)c([C@H](C)N)o2)c2ccc(C(F)(F)F)nc12. The number of methoxy groups -OCH3 is 1. The van der Waals surface area contributed by atoms with Gasteiger partial charge in [-0.2, -0.15) is 13.2 Å². The van der Waals surface area contributed by atoms with E-state index in [1.54, 1.807) is 42.2 Å². The number of pyridine rings is 1. The highest BCUT2D eigenvalue weighted by Gasteiger charge is 2.33. The summed E-state index contributed by atoms with van der Waals surface area (Å²) in [6.07, 6.45) is -4.66. The standard InChI is InChI=1S/C29H28F3N5O5/c1-15(33)25-24(26(39)34-13-16-4-3-5-17(12-16)28(40)37-11-10-18(38)14-37)36-27(42-25)20-6-8-21(41-2)23-19(20)7-9-22(35-23)29(30,31)32/h3-9,12,15,18,38H,10-11,13-14,33H2,1-2H3,(H,34,39)/t15-,18+/m0/s1. The summed E-state index contributed by atoms with van der Waals surface area (Å²) >= 11 is 0. The van der Waals surface area contributed by atoms with Gasteiger partial charge in [-0.3, -0.25) is 9.59 Å². The molecule has 220 valence electrons. The average Bonchev–Trinajstić information content (AvgIpc) is 3.61. The van der Waals surface area contributed by atoms with E-state index in [2.05, 4.69) is 15.3 Å². The van der Waals surface area contributed by atoms with Crippen LogP contribution in [0.1, 0.15) is 57.3 Å². The van der Waals surface area contributed by atoms with Crippen LogP contribution >= 0.6 is 0 Å². The Labute approximate surface area is 238 Å². The Morgan fingerprint density at radius 2 is 2.00 bits per heavy atom. The molecule has 2 atom stereocenters. The number of halogens is 3. The van der Waals surface area contributed by atoms with Gasteiger partial charge in [0, 0.05) is 36.1 Å². The molecule has 1 aliphatic rings. The number of rotatable bonds is 7. The van der Waals surface area contributed by atoms with Gasteiger partial charge in [-0.1, -0.05) is 12.1 Å². The van der Waals surface area contributed by atoms with Crippen molar-refractivity contribution in [2.45, 2.75) is 38.2 Å². The number of benzene rings is 2. The number of carbonyl (C=O) groups is 2. The monoisotopic (exact) mass is 583 g/mol. The lowest BCUT2D eigenvalue weighted by atomic mass is 10.1. The van der Waals surface area contributed by atoms with E-state index in [9.17, 15) is 27.9 Å². The number of aliphatic hydroxyl groups excluding tert-OH is 1. The van der Waals surface area contributed by atoms with Crippen LogP contribution in [0.4, 0.5) is 13.2 Å². The van der Waals surface area contributed by atoms with E-state index < -0.39 is 29.9 Å². The maximum absolute atomic E-state index is 13.3. The summed E-state index contributed by atoms with van der Waals surface area (Å²) < 4.78 is 51.1. The van der Waals surface area contributed by atoms with Gasteiger partial charge in [0.25, 0.3) is 11.8 Å². The number of aliphatic hydroxyl groups is 1. The van der Waals surface area contributed by atoms with Gasteiger partial charge in [-0.05, 0) is 55.3 Å². The minimum absolute atomic E-state index is 0.0259. The Kier molecular flexibility index (Phi) is 7.89. The normalized spacial score (nSPS) is 16.1. The van der Waals surface area contributed by atoms with Crippen molar-refractivity contribution >= 4 is 22.7 Å². The molecular formula is C29H28F3N5O5. The van der Waals surface area contributed by atoms with Crippen molar-refractivity contribution in [3.8, 4) is 17.2 Å². The second-order valence-electron chi connectivity index (χ2n) is 10.0. The Morgan fingerprint density at radius 1 is 1.21 bits per heavy atom. The van der Waals surface area contributed by atoms with E-state index in [4.69, 9.17) is 14.9 Å². The van der Waals surface area contributed by atoms with Crippen molar-refractivity contribution in [1.82, 2.24) is 20.2 Å². The summed E-state index contributed by atoms with van der Waals surface area (Å²) in [6.45, 7) is 2.42. The molecule has 1 saturated heterocycles. The number of oxazole rings is 1. The first-order valence-corrected chi connectivity index (χ1v) is 13.1. The van der Waals surface area contributed by atoms with Crippen LogP contribution in [0.5, 0.6) is 5.75 Å². The van der Waals surface area contributed by atoms with Crippen molar-refractivity contribution in [1.29, 1.82) is 0 Å². The molecule has 42 heavy (non-hydrogen) atoms. The van der Waals surface area contributed by atoms with Gasteiger partial charge in [0.05, 0.1) is 19.3 Å². The van der Waals surface area contributed by atoms with Crippen molar-refractivity contribution in [2.75, 3.05) is 20.2 Å². The van der Waals surface area contributed by atoms with Gasteiger partial charge in [-0.25, -0.2) is 9.97 Å². The number of hydrogen-bond donors (Lipinski definition) is 3. The van der Waals surface area contributed by atoms with E-state index in [0.717, 1.165) is 6.07 Å². The molecule has 13 heteroatoms. The van der Waals surface area contributed by atoms with Crippen LogP contribution in [0.2, 0.25) is 0 Å². The molecule has 4 N–H and O–H groups in total. The topological polar surface area (TPSA) is 144 Å². The second-order valence-corrected chi connectivity index (χ2v) is 10.0. The smallest absolute Gasteiger partial charge is 0.433 e. The van der Waals surface area contributed by atoms with E-state index >= 15 is 0 Å². The number of ether oxygens (including phenoxy) is 1. The lowest BCUT2D eigenvalue weighted by Gasteiger charge is -2.16. The summed E-state index contributed by atoms with van der Waals surface area (Å²) in [5.41, 5.74) is 6.25. The summed E-state index contributed by atoms with van der Waals surface area (Å²) in [5, 5.41) is 12.8. The van der Waals surface area contributed by atoms with Crippen molar-refractivity contribution in [3.63, 3.8) is 0 Å². The maximum Gasteiger partial charge on any atom is 0.433 e. The Morgan fingerprint density at radius 3 is 2.67 bits per heavy atom. The number of fused-ring (bicyclic) bond motifs is 1. The molecule has 2 aromatic carbocycles. The van der Waals surface area contributed by atoms with Crippen LogP contribution < -0.4 is 15.8 Å². The number of nitrogens with two attached hydrogens (primary N) is 1. The molecule has 5 rings (SSSR count). The Balaban J connectivity index is 1.41. The highest BCUT2D eigenvalue weighted by Crippen LogP contribution is 2.37. The molecule has 1 fully saturated rings. The van der Waals surface area contributed by atoms with Crippen molar-refractivity contribution in [2.24, 2.45) is 5.73 Å².